The van der Waals surface area contributed by atoms with Gasteiger partial charge in [0.25, 0.3) is 5.91 Å². The Morgan fingerprint density at radius 3 is 1.60 bits per heavy atom. The zero-order chi connectivity index (χ0) is 81.9. The molecule has 3 saturated carbocycles. The molecule has 24 atom stereocenters. The molecule has 7 aromatic rings. The Kier molecular flexibility index (Phi) is 26.3. The first-order valence-electron chi connectivity index (χ1n) is 38.6. The lowest BCUT2D eigenvalue weighted by atomic mass is 9.80. The highest BCUT2D eigenvalue weighted by Crippen LogP contribution is 2.44. The molecule has 11 N–H and O–H groups in total. The summed E-state index contributed by atoms with van der Waals surface area (Å²) in [6.45, 7) is -0.103. The van der Waals surface area contributed by atoms with E-state index in [9.17, 15) is 86.7 Å². The van der Waals surface area contributed by atoms with Gasteiger partial charge < -0.3 is 99.4 Å². The zero-order valence-electron chi connectivity index (χ0n) is 62.4. The van der Waals surface area contributed by atoms with Crippen LogP contribution in [0.2, 0.25) is 0 Å². The fourth-order valence-electron chi connectivity index (χ4n) is 16.3. The number of benzene rings is 4. The van der Waals surface area contributed by atoms with Crippen LogP contribution in [0.4, 0.5) is 26.3 Å². The number of ether oxygens (including phenoxy) is 8. The number of amides is 3. The molecule has 116 heavy (non-hydrogen) atoms. The van der Waals surface area contributed by atoms with Crippen molar-refractivity contribution in [2.24, 2.45) is 17.8 Å². The number of carbonyl (C=O) groups excluding carboxylic acids is 4. The van der Waals surface area contributed by atoms with Crippen LogP contribution in [0, 0.1) is 52.7 Å². The van der Waals surface area contributed by atoms with Crippen molar-refractivity contribution in [3.63, 3.8) is 0 Å². The molecule has 7 aliphatic rings. The van der Waals surface area contributed by atoms with Crippen LogP contribution < -0.4 is 10.6 Å². The van der Waals surface area contributed by atoms with E-state index < -0.39 is 219 Å². The van der Waals surface area contributed by atoms with Gasteiger partial charge in [0.05, 0.1) is 67.8 Å². The summed E-state index contributed by atoms with van der Waals surface area (Å²) in [6, 6.07) is 15.1. The van der Waals surface area contributed by atoms with Crippen molar-refractivity contribution >= 4 is 23.7 Å². The second-order valence-corrected chi connectivity index (χ2v) is 30.5. The first kappa shape index (κ1) is 83.6. The smallest absolute Gasteiger partial charge is 0.338 e. The molecule has 4 aliphatic heterocycles. The van der Waals surface area contributed by atoms with Crippen LogP contribution in [0.3, 0.4) is 0 Å². The number of halogens is 6. The lowest BCUT2D eigenvalue weighted by Gasteiger charge is -2.49. The van der Waals surface area contributed by atoms with E-state index in [1.807, 2.05) is 0 Å². The van der Waals surface area contributed by atoms with Crippen molar-refractivity contribution < 1.29 is 129 Å². The fraction of sp³-hybridized carbons (Fsp3) is 0.558. The van der Waals surface area contributed by atoms with Gasteiger partial charge in [0, 0.05) is 54.7 Å². The summed E-state index contributed by atoms with van der Waals surface area (Å²) >= 11 is 0. The monoisotopic (exact) mass is 1630 g/mol. The Labute approximate surface area is 658 Å². The van der Waals surface area contributed by atoms with Gasteiger partial charge in [0.1, 0.15) is 96.4 Å². The normalized spacial score (nSPS) is 32.1. The zero-order valence-corrected chi connectivity index (χ0v) is 62.4. The number of esters is 1. The Balaban J connectivity index is 0.749. The molecule has 3 amide bonds. The van der Waals surface area contributed by atoms with Gasteiger partial charge in [-0.3, -0.25) is 14.4 Å². The molecule has 7 fully saturated rings. The van der Waals surface area contributed by atoms with Crippen molar-refractivity contribution in [2.75, 3.05) is 39.4 Å². The molecule has 4 aromatic carbocycles. The number of aromatic nitrogens is 9. The molecule has 3 aliphatic carbocycles. The molecule has 626 valence electrons. The first-order valence-corrected chi connectivity index (χ1v) is 38.6. The van der Waals surface area contributed by atoms with Gasteiger partial charge in [-0.25, -0.2) is 45.2 Å². The average molecular weight is 1630 g/mol. The number of likely N-dealkylation sites (tertiary alicyclic amines) is 1. The van der Waals surface area contributed by atoms with Crippen molar-refractivity contribution in [3.8, 4) is 33.8 Å². The van der Waals surface area contributed by atoms with Crippen LogP contribution in [-0.2, 0) is 52.3 Å². The number of aliphatic hydroxyl groups is 9. The van der Waals surface area contributed by atoms with Crippen LogP contribution in [0.15, 0.2) is 104 Å². The predicted molar refractivity (Wildman–Crippen MR) is 384 cm³/mol. The average Bonchev–Trinajstić information content (AvgIpc) is 1.43. The minimum Gasteiger partial charge on any atom is -0.450 e. The number of hydrogen-bond acceptors (Lipinski definition) is 27. The summed E-state index contributed by atoms with van der Waals surface area (Å²) in [4.78, 5) is 60.7. The maximum absolute atomic E-state index is 15.2. The lowest BCUT2D eigenvalue weighted by Crippen LogP contribution is -2.64. The Morgan fingerprint density at radius 2 is 1.03 bits per heavy atom. The van der Waals surface area contributed by atoms with E-state index in [4.69, 9.17) is 37.9 Å². The van der Waals surface area contributed by atoms with Gasteiger partial charge in [-0.15, -0.1) is 15.3 Å². The van der Waals surface area contributed by atoms with Crippen molar-refractivity contribution in [1.82, 2.24) is 60.5 Å². The molecular formula is C77H90F6N12O21. The highest BCUT2D eigenvalue weighted by Gasteiger charge is 2.56. The first-order chi connectivity index (χ1) is 55.8. The van der Waals surface area contributed by atoms with E-state index in [0.29, 0.717) is 48.6 Å². The third kappa shape index (κ3) is 18.1. The summed E-state index contributed by atoms with van der Waals surface area (Å²) in [6.07, 6.45) is -23.7. The number of aliphatic hydroxyl groups excluding tert-OH is 9. The summed E-state index contributed by atoms with van der Waals surface area (Å²) in [7, 11) is 0. The highest BCUT2D eigenvalue weighted by atomic mass is 19.2. The Morgan fingerprint density at radius 1 is 0.517 bits per heavy atom. The van der Waals surface area contributed by atoms with Gasteiger partial charge in [-0.1, -0.05) is 96.3 Å². The van der Waals surface area contributed by atoms with Crippen LogP contribution in [-0.4, -0.2) is 275 Å². The van der Waals surface area contributed by atoms with Crippen molar-refractivity contribution in [2.45, 2.75) is 212 Å². The van der Waals surface area contributed by atoms with Gasteiger partial charge in [0.15, 0.2) is 59.9 Å². The third-order valence-corrected chi connectivity index (χ3v) is 22.9. The SMILES string of the molecule is CC1O[C@@H](OC2C(n3cc(-c4ccccc4)nn3)CC(C(=O)NCCNC(=O)C3CC(n4cc(-c5cc(F)c(F)c(F)c5)nn4)C(O)[C@H](O[C@@H]4OC(CO)[C@H](O)C(n5cc(-c6cc(F)c(F)c(F)c6)nn5)C4O)C3)C[C@H]2O[C@@H]2OC(CO)[C@H](O)C(O[C@@H](CC3CCCCC3)C(=O)N3CCC3)C2OC(=O)c2ccccc2)C(O)C(O)[C@@H]1O. The number of nitrogens with one attached hydrogen (secondary N) is 2. The number of carbonyl (C=O) groups is 4. The molecule has 0 bridgehead atoms. The standard InChI is InChI=1S/C77H90F6N12O21/c1-36-61(98)66(103)67(104)76(109-36)116-68-52(94-31-48(86-90-94)38-14-7-3-8-15-38)28-43(30-54(68)112-77-70(115-74(108)39-16-9-4-10-17-39)69(64(101)57(35-97)114-77)110-55(73(107)92-20-11-21-92)22-37-12-5-2-6-13-37)72(106)85-19-18-84-71(105)42-27-51(93-32-49(87-89-93)40-23-44(78)58(82)45(79)24-40)62(99)53(29-42)111-75-65(102)60(63(100)56(34-96)113-75)95-33-50(88-91-95)41-25-46(80)59(83)47(81)26-41/h3-4,7-10,14-17,23-26,31-33,36-37,42-43,51-57,60-70,75-77,96-104H,2,5-6,11-13,18-22,27-30,34-35H2,1H3,(H,84,105)(H,85,106)/t36?,42?,43?,51?,52?,53-,54-,55+,56?,57?,60?,61-,62?,63+,64+,65?,66?,67?,68?,69?,70?,75-,76+,77-/m1/s1. The molecule has 15 unspecified atom stereocenters. The topological polar surface area (TPSA) is 444 Å². The van der Waals surface area contributed by atoms with E-state index in [-0.39, 0.29) is 78.7 Å². The predicted octanol–water partition coefficient (Wildman–Crippen LogP) is 2.42. The van der Waals surface area contributed by atoms with E-state index >= 15 is 4.79 Å². The maximum atomic E-state index is 15.2. The minimum absolute atomic E-state index is 0.0406. The number of hydrogen-bond donors (Lipinski definition) is 11. The quantitative estimate of drug-likeness (QED) is 0.0160. The molecule has 3 aromatic heterocycles. The molecular weight excluding hydrogens is 1540 g/mol. The van der Waals surface area contributed by atoms with E-state index in [2.05, 4.69) is 41.6 Å². The van der Waals surface area contributed by atoms with Crippen LogP contribution in [0.25, 0.3) is 33.8 Å². The second kappa shape index (κ2) is 36.5. The summed E-state index contributed by atoms with van der Waals surface area (Å²) in [5.41, 5.74) is -0.0358. The van der Waals surface area contributed by atoms with Crippen molar-refractivity contribution in [3.05, 3.63) is 144 Å². The van der Waals surface area contributed by atoms with Gasteiger partial charge >= 0.3 is 5.97 Å². The molecule has 4 saturated heterocycles. The third-order valence-electron chi connectivity index (χ3n) is 22.9. The Hall–Kier alpha value is -8.88. The minimum atomic E-state index is -1.99. The second-order valence-electron chi connectivity index (χ2n) is 30.5. The molecule has 39 heteroatoms. The molecule has 14 rings (SSSR count). The summed E-state index contributed by atoms with van der Waals surface area (Å²) in [5.74, 6) is -14.8. The summed E-state index contributed by atoms with van der Waals surface area (Å²) < 4.78 is 141. The lowest BCUT2D eigenvalue weighted by molar-refractivity contribution is -0.348. The maximum Gasteiger partial charge on any atom is 0.338 e. The Bertz CT molecular complexity index is 4490. The van der Waals surface area contributed by atoms with Gasteiger partial charge in [-0.2, -0.15) is 0 Å². The molecule has 33 nitrogen and oxygen atoms in total. The fourth-order valence-corrected chi connectivity index (χ4v) is 16.3. The van der Waals surface area contributed by atoms with Crippen LogP contribution >= 0.6 is 0 Å². The van der Waals surface area contributed by atoms with E-state index in [1.54, 1.807) is 59.6 Å². The molecule has 0 spiro atoms. The van der Waals surface area contributed by atoms with E-state index in [1.165, 1.54) is 23.7 Å². The molecule has 7 heterocycles. The highest BCUT2D eigenvalue weighted by molar-refractivity contribution is 5.89. The van der Waals surface area contributed by atoms with Gasteiger partial charge in [0.2, 0.25) is 11.8 Å². The van der Waals surface area contributed by atoms with E-state index in [0.717, 1.165) is 60.3 Å². The van der Waals surface area contributed by atoms with Gasteiger partial charge in [-0.05, 0) is 87.8 Å². The largest absolute Gasteiger partial charge is 0.450 e. The number of rotatable bonds is 26. The molecule has 0 radical (unpaired) electrons. The van der Waals surface area contributed by atoms with Crippen molar-refractivity contribution in [1.29, 1.82) is 0 Å². The summed E-state index contributed by atoms with van der Waals surface area (Å²) in [5, 5.41) is 134. The van der Waals surface area contributed by atoms with Crippen LogP contribution in [0.1, 0.15) is 106 Å². The van der Waals surface area contributed by atoms with Crippen LogP contribution in [0.5, 0.6) is 0 Å². The number of nitrogens with zero attached hydrogens (tertiary/aromatic N) is 10.